The lowest BCUT2D eigenvalue weighted by Gasteiger charge is -2.32. The molecule has 1 fully saturated rings. The van der Waals surface area contributed by atoms with Crippen molar-refractivity contribution in [2.45, 2.75) is 38.5 Å². The van der Waals surface area contributed by atoms with Gasteiger partial charge in [-0.1, -0.05) is 6.07 Å². The molecule has 108 valence electrons. The van der Waals surface area contributed by atoms with Crippen LogP contribution in [0.1, 0.15) is 47.2 Å². The molecule has 0 radical (unpaired) electrons. The van der Waals surface area contributed by atoms with E-state index in [9.17, 15) is 4.79 Å². The lowest BCUT2D eigenvalue weighted by atomic mass is 9.95. The maximum absolute atomic E-state index is 12.6. The minimum atomic E-state index is 0.207. The molecule has 2 aliphatic rings. The number of benzene rings is 1. The van der Waals surface area contributed by atoms with Crippen molar-refractivity contribution in [3.8, 4) is 0 Å². The van der Waals surface area contributed by atoms with E-state index in [4.69, 9.17) is 11.6 Å². The molecule has 0 saturated carbocycles. The molecule has 3 rings (SSSR count). The SMILES string of the molecule is O=C(c1ccc2c(c1)CCC2)N1CCCC(CCCl)C1. The highest BCUT2D eigenvalue weighted by molar-refractivity contribution is 6.17. The normalized spacial score (nSPS) is 21.9. The summed E-state index contributed by atoms with van der Waals surface area (Å²) < 4.78 is 0. The van der Waals surface area contributed by atoms with Crippen LogP contribution in [0.2, 0.25) is 0 Å². The van der Waals surface area contributed by atoms with Crippen molar-refractivity contribution in [2.75, 3.05) is 19.0 Å². The first-order valence-corrected chi connectivity index (χ1v) is 8.28. The minimum absolute atomic E-state index is 0.207. The number of piperidine rings is 1. The van der Waals surface area contributed by atoms with Gasteiger partial charge in [0.1, 0.15) is 0 Å². The molecule has 1 unspecified atom stereocenters. The van der Waals surface area contributed by atoms with Gasteiger partial charge < -0.3 is 4.90 Å². The molecule has 1 aliphatic carbocycles. The number of nitrogens with zero attached hydrogens (tertiary/aromatic N) is 1. The number of halogens is 1. The number of carbonyl (C=O) groups is 1. The van der Waals surface area contributed by atoms with Crippen molar-refractivity contribution in [3.05, 3.63) is 34.9 Å². The van der Waals surface area contributed by atoms with Crippen molar-refractivity contribution >= 4 is 17.5 Å². The van der Waals surface area contributed by atoms with Gasteiger partial charge in [0, 0.05) is 24.5 Å². The second kappa shape index (κ2) is 6.17. The van der Waals surface area contributed by atoms with Gasteiger partial charge in [-0.25, -0.2) is 0 Å². The maximum Gasteiger partial charge on any atom is 0.253 e. The number of aryl methyl sites for hydroxylation is 2. The van der Waals surface area contributed by atoms with E-state index in [0.717, 1.165) is 37.9 Å². The van der Waals surface area contributed by atoms with E-state index in [0.29, 0.717) is 11.8 Å². The van der Waals surface area contributed by atoms with Crippen LogP contribution in [0.5, 0.6) is 0 Å². The number of alkyl halides is 1. The second-order valence-electron chi connectivity index (χ2n) is 6.07. The Bertz CT molecular complexity index is 498. The molecule has 0 bridgehead atoms. The Labute approximate surface area is 126 Å². The van der Waals surface area contributed by atoms with Gasteiger partial charge in [0.15, 0.2) is 0 Å². The van der Waals surface area contributed by atoms with Crippen LogP contribution in [0.4, 0.5) is 0 Å². The number of rotatable bonds is 3. The van der Waals surface area contributed by atoms with Crippen molar-refractivity contribution in [1.82, 2.24) is 4.90 Å². The summed E-state index contributed by atoms with van der Waals surface area (Å²) in [6.07, 6.45) is 6.87. The van der Waals surface area contributed by atoms with E-state index in [1.807, 2.05) is 11.0 Å². The molecule has 1 atom stereocenters. The van der Waals surface area contributed by atoms with Crippen LogP contribution in [-0.2, 0) is 12.8 Å². The molecular weight excluding hydrogens is 270 g/mol. The van der Waals surface area contributed by atoms with Crippen LogP contribution < -0.4 is 0 Å². The Morgan fingerprint density at radius 1 is 1.25 bits per heavy atom. The van der Waals surface area contributed by atoms with Gasteiger partial charge in [-0.05, 0) is 67.7 Å². The first-order valence-electron chi connectivity index (χ1n) is 7.75. The zero-order valence-electron chi connectivity index (χ0n) is 11.9. The van der Waals surface area contributed by atoms with Crippen LogP contribution in [0.25, 0.3) is 0 Å². The first-order chi connectivity index (χ1) is 9.78. The van der Waals surface area contributed by atoms with Crippen LogP contribution in [0.15, 0.2) is 18.2 Å². The van der Waals surface area contributed by atoms with E-state index in [1.54, 1.807) is 0 Å². The molecule has 1 aromatic carbocycles. The molecule has 0 spiro atoms. The molecule has 1 saturated heterocycles. The fraction of sp³-hybridized carbons (Fsp3) is 0.588. The number of likely N-dealkylation sites (tertiary alicyclic amines) is 1. The molecule has 20 heavy (non-hydrogen) atoms. The molecule has 2 nitrogen and oxygen atoms in total. The van der Waals surface area contributed by atoms with Crippen molar-refractivity contribution in [2.24, 2.45) is 5.92 Å². The van der Waals surface area contributed by atoms with Crippen LogP contribution in [0.3, 0.4) is 0 Å². The third-order valence-corrected chi connectivity index (χ3v) is 4.89. The molecular formula is C17H22ClNO. The predicted octanol–water partition coefficient (Wildman–Crippen LogP) is 3.66. The van der Waals surface area contributed by atoms with E-state index < -0.39 is 0 Å². The summed E-state index contributed by atoms with van der Waals surface area (Å²) >= 11 is 5.84. The Morgan fingerprint density at radius 3 is 2.95 bits per heavy atom. The topological polar surface area (TPSA) is 20.3 Å². The maximum atomic E-state index is 12.6. The standard InChI is InChI=1S/C17H22ClNO/c18-9-8-13-3-2-10-19(12-13)17(20)16-7-6-14-4-1-5-15(14)11-16/h6-7,11,13H,1-5,8-10,12H2. The molecule has 1 amide bonds. The molecule has 1 aromatic rings. The van der Waals surface area contributed by atoms with Crippen molar-refractivity contribution in [3.63, 3.8) is 0 Å². The molecule has 0 aromatic heterocycles. The second-order valence-corrected chi connectivity index (χ2v) is 6.45. The van der Waals surface area contributed by atoms with E-state index in [1.165, 1.54) is 30.4 Å². The number of fused-ring (bicyclic) bond motifs is 1. The Hall–Kier alpha value is -1.02. The van der Waals surface area contributed by atoms with Crippen LogP contribution in [0, 0.1) is 5.92 Å². The zero-order valence-corrected chi connectivity index (χ0v) is 12.7. The molecule has 1 aliphatic heterocycles. The summed E-state index contributed by atoms with van der Waals surface area (Å²) in [6, 6.07) is 6.28. The summed E-state index contributed by atoms with van der Waals surface area (Å²) in [4.78, 5) is 14.7. The quantitative estimate of drug-likeness (QED) is 0.778. The summed E-state index contributed by atoms with van der Waals surface area (Å²) in [5.41, 5.74) is 3.68. The average molecular weight is 292 g/mol. The summed E-state index contributed by atoms with van der Waals surface area (Å²) in [6.45, 7) is 1.78. The van der Waals surface area contributed by atoms with Gasteiger partial charge >= 0.3 is 0 Å². The van der Waals surface area contributed by atoms with Gasteiger partial charge in [-0.2, -0.15) is 0 Å². The number of hydrogen-bond acceptors (Lipinski definition) is 1. The fourth-order valence-electron chi connectivity index (χ4n) is 3.53. The first kappa shape index (κ1) is 13.9. The van der Waals surface area contributed by atoms with Gasteiger partial charge in [0.05, 0.1) is 0 Å². The predicted molar refractivity (Wildman–Crippen MR) is 82.4 cm³/mol. The Morgan fingerprint density at radius 2 is 2.10 bits per heavy atom. The smallest absolute Gasteiger partial charge is 0.253 e. The number of hydrogen-bond donors (Lipinski definition) is 0. The average Bonchev–Trinajstić information content (AvgIpc) is 2.94. The summed E-state index contributed by atoms with van der Waals surface area (Å²) in [5.74, 6) is 1.49. The number of carbonyl (C=O) groups excluding carboxylic acids is 1. The molecule has 3 heteroatoms. The third kappa shape index (κ3) is 2.85. The van der Waals surface area contributed by atoms with Crippen molar-refractivity contribution < 1.29 is 4.79 Å². The molecule has 0 N–H and O–H groups in total. The van der Waals surface area contributed by atoms with Gasteiger partial charge in [-0.15, -0.1) is 11.6 Å². The summed E-state index contributed by atoms with van der Waals surface area (Å²) in [7, 11) is 0. The highest BCUT2D eigenvalue weighted by atomic mass is 35.5. The Balaban J connectivity index is 1.72. The minimum Gasteiger partial charge on any atom is -0.338 e. The van der Waals surface area contributed by atoms with Crippen molar-refractivity contribution in [1.29, 1.82) is 0 Å². The van der Waals surface area contributed by atoms with E-state index in [2.05, 4.69) is 12.1 Å². The lowest BCUT2D eigenvalue weighted by molar-refractivity contribution is 0.0671. The van der Waals surface area contributed by atoms with Crippen LogP contribution >= 0.6 is 11.6 Å². The lowest BCUT2D eigenvalue weighted by Crippen LogP contribution is -2.40. The summed E-state index contributed by atoms with van der Waals surface area (Å²) in [5, 5.41) is 0. The Kier molecular flexibility index (Phi) is 4.30. The molecule has 1 heterocycles. The van der Waals surface area contributed by atoms with Crippen LogP contribution in [-0.4, -0.2) is 29.8 Å². The largest absolute Gasteiger partial charge is 0.338 e. The highest BCUT2D eigenvalue weighted by Crippen LogP contribution is 2.25. The monoisotopic (exact) mass is 291 g/mol. The number of amides is 1. The zero-order chi connectivity index (χ0) is 13.9. The van der Waals surface area contributed by atoms with E-state index >= 15 is 0 Å². The fourth-order valence-corrected chi connectivity index (χ4v) is 3.84. The highest BCUT2D eigenvalue weighted by Gasteiger charge is 2.24. The van der Waals surface area contributed by atoms with Gasteiger partial charge in [-0.3, -0.25) is 4.79 Å². The van der Waals surface area contributed by atoms with E-state index in [-0.39, 0.29) is 5.91 Å². The van der Waals surface area contributed by atoms with Gasteiger partial charge in [0.25, 0.3) is 5.91 Å². The third-order valence-electron chi connectivity index (χ3n) is 4.67. The van der Waals surface area contributed by atoms with Gasteiger partial charge in [0.2, 0.25) is 0 Å².